The van der Waals surface area contributed by atoms with E-state index in [2.05, 4.69) is 0 Å². The number of aliphatic hydroxyl groups excluding tert-OH is 1. The van der Waals surface area contributed by atoms with Crippen molar-refractivity contribution in [3.63, 3.8) is 0 Å². The lowest BCUT2D eigenvalue weighted by atomic mass is 10.1. The van der Waals surface area contributed by atoms with Gasteiger partial charge in [-0.15, -0.1) is 0 Å². The molecule has 21 heavy (non-hydrogen) atoms. The maximum Gasteiger partial charge on any atom is 0.269 e. The third-order valence-electron chi connectivity index (χ3n) is 2.96. The van der Waals surface area contributed by atoms with Crippen LogP contribution in [0.2, 0.25) is 5.02 Å². The van der Waals surface area contributed by atoms with Crippen molar-refractivity contribution in [3.05, 3.63) is 68.7 Å². The van der Waals surface area contributed by atoms with Crippen LogP contribution in [0.5, 0.6) is 5.75 Å². The molecule has 2 rings (SSSR count). The Labute approximate surface area is 126 Å². The lowest BCUT2D eigenvalue weighted by Gasteiger charge is -2.13. The summed E-state index contributed by atoms with van der Waals surface area (Å²) in [4.78, 5) is 10.1. The van der Waals surface area contributed by atoms with Crippen LogP contribution in [0.25, 0.3) is 0 Å². The summed E-state index contributed by atoms with van der Waals surface area (Å²) < 4.78 is 5.65. The van der Waals surface area contributed by atoms with Crippen molar-refractivity contribution in [2.24, 2.45) is 0 Å². The number of rotatable bonds is 5. The maximum atomic E-state index is 10.6. The lowest BCUT2D eigenvalue weighted by molar-refractivity contribution is -0.384. The average Bonchev–Trinajstić information content (AvgIpc) is 2.46. The molecule has 0 aliphatic heterocycles. The van der Waals surface area contributed by atoms with Crippen LogP contribution in [0.1, 0.15) is 24.2 Å². The van der Waals surface area contributed by atoms with Crippen molar-refractivity contribution in [3.8, 4) is 5.75 Å². The smallest absolute Gasteiger partial charge is 0.269 e. The second-order valence-corrected chi connectivity index (χ2v) is 5.01. The lowest BCUT2D eigenvalue weighted by Crippen LogP contribution is -2.01. The number of nitrogens with zero attached hydrogens (tertiary/aromatic N) is 1. The van der Waals surface area contributed by atoms with Crippen molar-refractivity contribution in [2.45, 2.75) is 19.6 Å². The van der Waals surface area contributed by atoms with Gasteiger partial charge in [-0.3, -0.25) is 10.1 Å². The van der Waals surface area contributed by atoms with Crippen LogP contribution < -0.4 is 4.74 Å². The number of aliphatic hydroxyl groups is 1. The van der Waals surface area contributed by atoms with Crippen molar-refractivity contribution in [1.82, 2.24) is 0 Å². The van der Waals surface area contributed by atoms with Gasteiger partial charge in [0, 0.05) is 22.7 Å². The molecule has 2 aromatic carbocycles. The first kappa shape index (κ1) is 15.3. The molecule has 0 saturated heterocycles. The van der Waals surface area contributed by atoms with Gasteiger partial charge >= 0.3 is 0 Å². The molecule has 1 atom stereocenters. The van der Waals surface area contributed by atoms with Crippen LogP contribution in [-0.4, -0.2) is 10.0 Å². The third-order valence-corrected chi connectivity index (χ3v) is 3.20. The van der Waals surface area contributed by atoms with Gasteiger partial charge in [-0.2, -0.15) is 0 Å². The Morgan fingerprint density at radius 1 is 1.29 bits per heavy atom. The summed E-state index contributed by atoms with van der Waals surface area (Å²) in [6.07, 6.45) is -0.699. The molecule has 0 fully saturated rings. The highest BCUT2D eigenvalue weighted by Gasteiger charge is 2.11. The van der Waals surface area contributed by atoms with E-state index in [1.807, 2.05) is 0 Å². The zero-order valence-electron chi connectivity index (χ0n) is 11.3. The highest BCUT2D eigenvalue weighted by Crippen LogP contribution is 2.29. The quantitative estimate of drug-likeness (QED) is 0.672. The maximum absolute atomic E-state index is 10.6. The molecule has 110 valence electrons. The number of halogens is 1. The van der Waals surface area contributed by atoms with Gasteiger partial charge in [-0.25, -0.2) is 0 Å². The number of hydrogen-bond acceptors (Lipinski definition) is 4. The third kappa shape index (κ3) is 3.93. The normalized spacial score (nSPS) is 12.0. The van der Waals surface area contributed by atoms with Crippen molar-refractivity contribution in [2.75, 3.05) is 0 Å². The molecule has 0 heterocycles. The summed E-state index contributed by atoms with van der Waals surface area (Å²) in [5.41, 5.74) is 1.44. The molecule has 0 saturated carbocycles. The Morgan fingerprint density at radius 3 is 2.52 bits per heavy atom. The molecule has 0 bridgehead atoms. The fraction of sp³-hybridized carbons (Fsp3) is 0.200. The Hall–Kier alpha value is -2.11. The molecule has 0 spiro atoms. The SMILES string of the molecule is CC(O)c1cc(Cl)ccc1OCc1ccc([N+](=O)[O-])cc1. The van der Waals surface area contributed by atoms with Crippen molar-refractivity contribution < 1.29 is 14.8 Å². The molecule has 0 amide bonds. The fourth-order valence-corrected chi connectivity index (χ4v) is 2.03. The summed E-state index contributed by atoms with van der Waals surface area (Å²) in [6.45, 7) is 1.88. The minimum Gasteiger partial charge on any atom is -0.489 e. The van der Waals surface area contributed by atoms with Gasteiger partial charge in [-0.1, -0.05) is 11.6 Å². The monoisotopic (exact) mass is 307 g/mol. The molecule has 0 aromatic heterocycles. The number of non-ortho nitro benzene ring substituents is 1. The summed E-state index contributed by atoms with van der Waals surface area (Å²) in [6, 6.07) is 11.1. The largest absolute Gasteiger partial charge is 0.489 e. The van der Waals surface area contributed by atoms with E-state index in [4.69, 9.17) is 16.3 Å². The molecular formula is C15H14ClNO4. The highest BCUT2D eigenvalue weighted by atomic mass is 35.5. The van der Waals surface area contributed by atoms with Gasteiger partial charge in [0.1, 0.15) is 12.4 Å². The van der Waals surface area contributed by atoms with Gasteiger partial charge in [0.2, 0.25) is 0 Å². The summed E-state index contributed by atoms with van der Waals surface area (Å²) in [7, 11) is 0. The zero-order valence-corrected chi connectivity index (χ0v) is 12.1. The van der Waals surface area contributed by atoms with E-state index in [9.17, 15) is 15.2 Å². The van der Waals surface area contributed by atoms with E-state index < -0.39 is 11.0 Å². The van der Waals surface area contributed by atoms with E-state index in [1.165, 1.54) is 12.1 Å². The predicted molar refractivity (Wildman–Crippen MR) is 79.5 cm³/mol. The van der Waals surface area contributed by atoms with E-state index >= 15 is 0 Å². The minimum absolute atomic E-state index is 0.0370. The van der Waals surface area contributed by atoms with Gasteiger partial charge in [0.25, 0.3) is 5.69 Å². The Kier molecular flexibility index (Phi) is 4.77. The van der Waals surface area contributed by atoms with E-state index in [1.54, 1.807) is 37.3 Å². The number of ether oxygens (including phenoxy) is 1. The van der Waals surface area contributed by atoms with Crippen LogP contribution in [0.4, 0.5) is 5.69 Å². The van der Waals surface area contributed by atoms with Crippen LogP contribution >= 0.6 is 11.6 Å². The molecular weight excluding hydrogens is 294 g/mol. The van der Waals surface area contributed by atoms with Crippen molar-refractivity contribution in [1.29, 1.82) is 0 Å². The number of nitro benzene ring substituents is 1. The first-order valence-corrected chi connectivity index (χ1v) is 6.69. The average molecular weight is 308 g/mol. The van der Waals surface area contributed by atoms with E-state index in [-0.39, 0.29) is 12.3 Å². The molecule has 0 aliphatic rings. The van der Waals surface area contributed by atoms with Gasteiger partial charge < -0.3 is 9.84 Å². The molecule has 0 radical (unpaired) electrons. The molecule has 1 unspecified atom stereocenters. The van der Waals surface area contributed by atoms with Gasteiger partial charge in [0.15, 0.2) is 0 Å². The zero-order chi connectivity index (χ0) is 15.4. The first-order valence-electron chi connectivity index (χ1n) is 6.31. The second kappa shape index (κ2) is 6.56. The number of benzene rings is 2. The summed E-state index contributed by atoms with van der Waals surface area (Å²) in [5, 5.41) is 20.8. The molecule has 5 nitrogen and oxygen atoms in total. The van der Waals surface area contributed by atoms with Crippen LogP contribution in [0.3, 0.4) is 0 Å². The van der Waals surface area contributed by atoms with Crippen molar-refractivity contribution >= 4 is 17.3 Å². The van der Waals surface area contributed by atoms with Gasteiger partial charge in [0.05, 0.1) is 11.0 Å². The topological polar surface area (TPSA) is 72.6 Å². The fourth-order valence-electron chi connectivity index (χ4n) is 1.85. The highest BCUT2D eigenvalue weighted by molar-refractivity contribution is 6.30. The molecule has 0 aliphatic carbocycles. The minimum atomic E-state index is -0.699. The van der Waals surface area contributed by atoms with E-state index in [0.717, 1.165) is 5.56 Å². The van der Waals surface area contributed by atoms with Gasteiger partial charge in [-0.05, 0) is 42.8 Å². The molecule has 6 heteroatoms. The van der Waals surface area contributed by atoms with E-state index in [0.29, 0.717) is 16.3 Å². The summed E-state index contributed by atoms with van der Waals surface area (Å²) >= 11 is 5.89. The van der Waals surface area contributed by atoms with Crippen LogP contribution in [0.15, 0.2) is 42.5 Å². The Bertz CT molecular complexity index is 641. The molecule has 2 aromatic rings. The standard InChI is InChI=1S/C15H14ClNO4/c1-10(18)14-8-12(16)4-7-15(14)21-9-11-2-5-13(6-3-11)17(19)20/h2-8,10,18H,9H2,1H3. The number of hydrogen-bond donors (Lipinski definition) is 1. The first-order chi connectivity index (χ1) is 9.97. The Morgan fingerprint density at radius 2 is 1.95 bits per heavy atom. The predicted octanol–water partition coefficient (Wildman–Crippen LogP) is 3.88. The van der Waals surface area contributed by atoms with Crippen LogP contribution in [0, 0.1) is 10.1 Å². The van der Waals surface area contributed by atoms with Crippen LogP contribution in [-0.2, 0) is 6.61 Å². The Balaban J connectivity index is 2.11. The molecule has 1 N–H and O–H groups in total. The second-order valence-electron chi connectivity index (χ2n) is 4.57. The summed E-state index contributed by atoms with van der Waals surface area (Å²) in [5.74, 6) is 0.535. The number of nitro groups is 1.